The molecule has 0 saturated carbocycles. The molecule has 0 bridgehead atoms. The molecule has 2 aliphatic carbocycles. The Kier molecular flexibility index (Phi) is 10.4. The predicted molar refractivity (Wildman–Crippen MR) is 206 cm³/mol. The van der Waals surface area contributed by atoms with Crippen molar-refractivity contribution in [3.8, 4) is 0 Å². The SMILES string of the molecule is O=S(=O)(O[PH-](O[PH-](OS(=O)(=O)C(F)(F)F)(c1ccccc1)([C+]1C=C[CH+]C=C1)[C+]1C=C[CH+]C=C1)(c1ccccc1)(c1ccccc1)c1ccccc1)C(F)(F)F. The van der Waals surface area contributed by atoms with Gasteiger partial charge in [0.25, 0.3) is 0 Å². The third-order valence-electron chi connectivity index (χ3n) is 9.28. The first-order valence-electron chi connectivity index (χ1n) is 16.3. The summed E-state index contributed by atoms with van der Waals surface area (Å²) in [7, 11) is -27.9. The van der Waals surface area contributed by atoms with Crippen LogP contribution in [0.3, 0.4) is 0 Å². The van der Waals surface area contributed by atoms with Crippen molar-refractivity contribution < 1.29 is 55.4 Å². The summed E-state index contributed by atoms with van der Waals surface area (Å²) in [6.07, 6.45) is 13.2. The van der Waals surface area contributed by atoms with Crippen molar-refractivity contribution in [3.05, 3.63) is 194 Å². The second kappa shape index (κ2) is 14.2. The van der Waals surface area contributed by atoms with Crippen LogP contribution in [0, 0.1) is 24.2 Å². The predicted octanol–water partition coefficient (Wildman–Crippen LogP) is 7.99. The van der Waals surface area contributed by atoms with Gasteiger partial charge >= 0.3 is 316 Å². The van der Waals surface area contributed by atoms with Gasteiger partial charge in [0.2, 0.25) is 0 Å². The zero-order valence-corrected chi connectivity index (χ0v) is 31.9. The molecule has 0 radical (unpaired) electrons. The van der Waals surface area contributed by atoms with Crippen molar-refractivity contribution in [2.75, 3.05) is 0 Å². The Morgan fingerprint density at radius 3 is 1.05 bits per heavy atom. The number of benzene rings is 4. The van der Waals surface area contributed by atoms with Gasteiger partial charge in [0, 0.05) is 0 Å². The Hall–Kier alpha value is -4.46. The van der Waals surface area contributed by atoms with Crippen LogP contribution in [0.25, 0.3) is 0 Å². The van der Waals surface area contributed by atoms with E-state index in [2.05, 4.69) is 0 Å². The number of hydrogen-bond acceptors (Lipinski definition) is 7. The molecular formula is C38H32F6O7P2S2+2. The van der Waals surface area contributed by atoms with Crippen LogP contribution in [0.5, 0.6) is 0 Å². The molecule has 2 aliphatic rings. The first kappa shape index (κ1) is 40.2. The van der Waals surface area contributed by atoms with Gasteiger partial charge < -0.3 is 0 Å². The molecule has 6 rings (SSSR count). The van der Waals surface area contributed by atoms with Gasteiger partial charge in [-0.05, 0) is 0 Å². The van der Waals surface area contributed by atoms with Gasteiger partial charge in [0.05, 0.1) is 0 Å². The van der Waals surface area contributed by atoms with E-state index in [1.54, 1.807) is 0 Å². The van der Waals surface area contributed by atoms with Crippen LogP contribution in [0.2, 0.25) is 0 Å². The molecular weight excluding hydrogens is 808 g/mol. The molecule has 0 N–H and O–H groups in total. The van der Waals surface area contributed by atoms with E-state index in [4.69, 9.17) is 12.3 Å². The van der Waals surface area contributed by atoms with E-state index in [0.29, 0.717) is 0 Å². The molecule has 0 atom stereocenters. The summed E-state index contributed by atoms with van der Waals surface area (Å²) in [4.78, 5) is 0. The minimum absolute atomic E-state index is 0.372. The number of alkyl halides is 6. The Morgan fingerprint density at radius 1 is 0.455 bits per heavy atom. The van der Waals surface area contributed by atoms with E-state index in [1.165, 1.54) is 183 Å². The third kappa shape index (κ3) is 6.47. The summed E-state index contributed by atoms with van der Waals surface area (Å²) in [5.74, 6) is 0. The molecule has 0 amide bonds. The van der Waals surface area contributed by atoms with E-state index in [1.807, 2.05) is 0 Å². The molecule has 0 unspecified atom stereocenters. The summed E-state index contributed by atoms with van der Waals surface area (Å²) < 4.78 is 165. The number of rotatable bonds is 12. The van der Waals surface area contributed by atoms with Gasteiger partial charge in [-0.1, -0.05) is 0 Å². The number of halogens is 6. The molecule has 0 heterocycles. The van der Waals surface area contributed by atoms with E-state index >= 15 is 0 Å². The topological polar surface area (TPSA) is 96.0 Å². The van der Waals surface area contributed by atoms with Crippen molar-refractivity contribution in [1.82, 2.24) is 0 Å². The van der Waals surface area contributed by atoms with E-state index in [-0.39, 0.29) is 32.5 Å². The molecule has 0 saturated heterocycles. The average molecular weight is 841 g/mol. The Balaban J connectivity index is 2.02. The van der Waals surface area contributed by atoms with Gasteiger partial charge in [-0.2, -0.15) is 0 Å². The second-order valence-electron chi connectivity index (χ2n) is 12.4. The average Bonchev–Trinajstić information content (AvgIpc) is 3.18. The van der Waals surface area contributed by atoms with Crippen LogP contribution in [0.15, 0.2) is 170 Å². The third-order valence-corrected chi connectivity index (χ3v) is 26.1. The van der Waals surface area contributed by atoms with Gasteiger partial charge in [0.15, 0.2) is 0 Å². The fraction of sp³-hybridized carbons (Fsp3) is 0.0526. The summed E-state index contributed by atoms with van der Waals surface area (Å²) in [6, 6.07) is 26.4. The number of hydrogen-bond donors (Lipinski definition) is 0. The first-order chi connectivity index (χ1) is 25.9. The molecule has 4 aromatic rings. The summed E-state index contributed by atoms with van der Waals surface area (Å²) >= 11 is 0. The van der Waals surface area contributed by atoms with Crippen molar-refractivity contribution in [2.24, 2.45) is 0 Å². The van der Waals surface area contributed by atoms with Crippen LogP contribution < -0.4 is 21.2 Å². The molecule has 55 heavy (non-hydrogen) atoms. The molecule has 288 valence electrons. The Labute approximate surface area is 315 Å². The van der Waals surface area contributed by atoms with Gasteiger partial charge in [-0.25, -0.2) is 0 Å². The van der Waals surface area contributed by atoms with Crippen molar-refractivity contribution in [2.45, 2.75) is 11.0 Å². The normalized spacial score (nSPS) is 16.7. The molecule has 0 fully saturated rings. The van der Waals surface area contributed by atoms with Gasteiger partial charge in [0.1, 0.15) is 0 Å². The van der Waals surface area contributed by atoms with Crippen LogP contribution in [0.4, 0.5) is 26.3 Å². The zero-order valence-electron chi connectivity index (χ0n) is 28.3. The molecule has 0 aliphatic heterocycles. The summed E-state index contributed by atoms with van der Waals surface area (Å²) in [5.41, 5.74) is -13.0. The van der Waals surface area contributed by atoms with Crippen LogP contribution in [-0.2, 0) is 32.5 Å². The molecule has 7 nitrogen and oxygen atoms in total. The van der Waals surface area contributed by atoms with Crippen LogP contribution in [0.1, 0.15) is 0 Å². The summed E-state index contributed by atoms with van der Waals surface area (Å²) in [6.45, 7) is 0. The van der Waals surface area contributed by atoms with E-state index in [0.717, 1.165) is 0 Å². The van der Waals surface area contributed by atoms with Crippen LogP contribution in [-0.4, -0.2) is 27.9 Å². The fourth-order valence-electron chi connectivity index (χ4n) is 7.01. The number of allylic oxidation sites excluding steroid dienone is 8. The monoisotopic (exact) mass is 840 g/mol. The molecule has 4 aromatic carbocycles. The van der Waals surface area contributed by atoms with E-state index in [9.17, 15) is 43.2 Å². The quantitative estimate of drug-likeness (QED) is 0.0618. The molecule has 0 aromatic heterocycles. The zero-order chi connectivity index (χ0) is 39.7. The van der Waals surface area contributed by atoms with Gasteiger partial charge in [-0.3, -0.25) is 0 Å². The maximum atomic E-state index is 15.0. The molecule has 0 spiro atoms. The second-order valence-corrected chi connectivity index (χ2v) is 25.0. The van der Waals surface area contributed by atoms with Crippen molar-refractivity contribution in [1.29, 1.82) is 0 Å². The van der Waals surface area contributed by atoms with Crippen molar-refractivity contribution in [3.63, 3.8) is 0 Å². The summed E-state index contributed by atoms with van der Waals surface area (Å²) in [5, 5.41) is -1.49. The van der Waals surface area contributed by atoms with Crippen molar-refractivity contribution >= 4 is 55.6 Å². The van der Waals surface area contributed by atoms with Gasteiger partial charge in [-0.15, -0.1) is 0 Å². The first-order valence-corrected chi connectivity index (χ1v) is 23.8. The van der Waals surface area contributed by atoms with Crippen LogP contribution >= 0.6 is 14.1 Å². The molecule has 17 heteroatoms. The standard InChI is InChI=1S/C38H32F6O7P2S2/c39-37(40,41)54(45,46)50-52(31-19-7-1-8-20-31,32-21-9-2-10-22-32,33-23-11-3-12-24-33)49-53(34-25-13-4-14-26-34,35-27-15-5-16-28-35,36-29-17-6-18-30-36)51-55(47,48)38(42,43)44/h1-30,52-53H/q+2. The fourth-order valence-corrected chi connectivity index (χ4v) is 26.9. The Bertz CT molecular complexity index is 2200. The van der Waals surface area contributed by atoms with E-state index < -0.39 is 45.4 Å². The Morgan fingerprint density at radius 2 is 0.745 bits per heavy atom. The maximum absolute atomic E-state index is 15.0. The minimum atomic E-state index is -7.13.